The Hall–Kier alpha value is -1.96. The van der Waals surface area contributed by atoms with Gasteiger partial charge in [0, 0.05) is 11.9 Å². The lowest BCUT2D eigenvalue weighted by Gasteiger charge is -2.12. The van der Waals surface area contributed by atoms with Gasteiger partial charge in [0.15, 0.2) is 5.16 Å². The Labute approximate surface area is 160 Å². The molecule has 0 aliphatic carbocycles. The second-order valence-corrected chi connectivity index (χ2v) is 8.54. The molecule has 0 amide bonds. The van der Waals surface area contributed by atoms with Gasteiger partial charge in [0.25, 0.3) is 5.56 Å². The molecule has 4 aromatic rings. The molecule has 0 spiro atoms. The Kier molecular flexibility index (Phi) is 4.70. The van der Waals surface area contributed by atoms with E-state index in [1.54, 1.807) is 40.1 Å². The zero-order valence-electron chi connectivity index (χ0n) is 12.9. The largest absolute Gasteiger partial charge is 0.268 e. The minimum Gasteiger partial charge on any atom is -0.268 e. The lowest BCUT2D eigenvalue weighted by atomic mass is 10.2. The van der Waals surface area contributed by atoms with Gasteiger partial charge in [0.1, 0.15) is 0 Å². The first kappa shape index (κ1) is 16.5. The average molecular weight is 430 g/mol. The molecule has 0 saturated carbocycles. The summed E-state index contributed by atoms with van der Waals surface area (Å²) in [6.07, 6.45) is 3.38. The summed E-state index contributed by atoms with van der Waals surface area (Å²) in [6, 6.07) is 13.2. The van der Waals surface area contributed by atoms with E-state index in [9.17, 15) is 4.79 Å². The van der Waals surface area contributed by atoms with Crippen LogP contribution in [0.2, 0.25) is 0 Å². The van der Waals surface area contributed by atoms with Gasteiger partial charge in [-0.3, -0.25) is 14.3 Å². The lowest BCUT2D eigenvalue weighted by Crippen LogP contribution is -2.21. The zero-order chi connectivity index (χ0) is 17.2. The van der Waals surface area contributed by atoms with E-state index in [-0.39, 0.29) is 5.56 Å². The minimum absolute atomic E-state index is 0.0763. The molecule has 0 atom stereocenters. The van der Waals surface area contributed by atoms with Crippen molar-refractivity contribution < 1.29 is 0 Å². The number of rotatable bonds is 4. The molecule has 4 nitrogen and oxygen atoms in total. The van der Waals surface area contributed by atoms with Crippen LogP contribution in [0.4, 0.5) is 0 Å². The van der Waals surface area contributed by atoms with Crippen LogP contribution >= 0.6 is 39.0 Å². The van der Waals surface area contributed by atoms with Gasteiger partial charge in [-0.05, 0) is 57.2 Å². The molecule has 0 unspecified atom stereocenters. The fourth-order valence-corrected chi connectivity index (χ4v) is 4.75. The van der Waals surface area contributed by atoms with Crippen LogP contribution in [0.5, 0.6) is 0 Å². The maximum absolute atomic E-state index is 13.0. The molecule has 25 heavy (non-hydrogen) atoms. The molecule has 0 aliphatic rings. The zero-order valence-corrected chi connectivity index (χ0v) is 16.1. The Balaban J connectivity index is 1.84. The number of fused-ring (bicyclic) bond motifs is 1. The van der Waals surface area contributed by atoms with Gasteiger partial charge in [-0.1, -0.05) is 23.9 Å². The Morgan fingerprint density at radius 1 is 1.20 bits per heavy atom. The standard InChI is InChI=1S/C18H12BrN3OS2/c19-16-8-12(10-24-16)11-25-18-21-15-6-2-1-5-14(15)17(23)22(18)13-4-3-7-20-9-13/h1-10H,11H2. The SMILES string of the molecule is O=c1c2ccccc2nc(SCc2csc(Br)c2)n1-c1cccnc1. The summed E-state index contributed by atoms with van der Waals surface area (Å²) >= 11 is 6.68. The molecule has 0 N–H and O–H groups in total. The number of aromatic nitrogens is 3. The fraction of sp³-hybridized carbons (Fsp3) is 0.0556. The van der Waals surface area contributed by atoms with Crippen molar-refractivity contribution in [3.05, 3.63) is 79.9 Å². The highest BCUT2D eigenvalue weighted by Crippen LogP contribution is 2.28. The molecule has 0 bridgehead atoms. The van der Waals surface area contributed by atoms with Gasteiger partial charge in [0.05, 0.1) is 26.6 Å². The van der Waals surface area contributed by atoms with E-state index < -0.39 is 0 Å². The van der Waals surface area contributed by atoms with E-state index >= 15 is 0 Å². The number of para-hydroxylation sites is 1. The summed E-state index contributed by atoms with van der Waals surface area (Å²) in [5.74, 6) is 0.743. The quantitative estimate of drug-likeness (QED) is 0.342. The summed E-state index contributed by atoms with van der Waals surface area (Å²) in [4.78, 5) is 21.9. The highest BCUT2D eigenvalue weighted by atomic mass is 79.9. The predicted octanol–water partition coefficient (Wildman–Crippen LogP) is 4.90. The number of nitrogens with zero attached hydrogens (tertiary/aromatic N) is 3. The van der Waals surface area contributed by atoms with Crippen LogP contribution in [0.3, 0.4) is 0 Å². The van der Waals surface area contributed by atoms with E-state index in [0.717, 1.165) is 15.2 Å². The number of pyridine rings is 1. The second-order valence-electron chi connectivity index (χ2n) is 5.31. The van der Waals surface area contributed by atoms with Gasteiger partial charge in [-0.25, -0.2) is 4.98 Å². The van der Waals surface area contributed by atoms with Crippen molar-refractivity contribution in [3.63, 3.8) is 0 Å². The molecule has 0 aliphatic heterocycles. The maximum atomic E-state index is 13.0. The Bertz CT molecular complexity index is 1090. The number of thiophene rings is 1. The summed E-state index contributed by atoms with van der Waals surface area (Å²) in [5, 5.41) is 3.37. The number of hydrogen-bond acceptors (Lipinski definition) is 5. The third-order valence-electron chi connectivity index (χ3n) is 3.64. The molecule has 1 aromatic carbocycles. The monoisotopic (exact) mass is 429 g/mol. The molecular weight excluding hydrogens is 418 g/mol. The molecule has 0 fully saturated rings. The summed E-state index contributed by atoms with van der Waals surface area (Å²) in [5.41, 5.74) is 2.55. The van der Waals surface area contributed by atoms with Crippen LogP contribution in [0.1, 0.15) is 5.56 Å². The first-order valence-electron chi connectivity index (χ1n) is 7.50. The van der Waals surface area contributed by atoms with Crippen molar-refractivity contribution in [2.24, 2.45) is 0 Å². The van der Waals surface area contributed by atoms with Crippen molar-refractivity contribution in [3.8, 4) is 5.69 Å². The highest BCUT2D eigenvalue weighted by molar-refractivity contribution is 9.11. The van der Waals surface area contributed by atoms with Crippen molar-refractivity contribution in [2.45, 2.75) is 10.9 Å². The van der Waals surface area contributed by atoms with Crippen LogP contribution in [0.15, 0.2) is 74.0 Å². The smallest absolute Gasteiger partial charge is 0.266 e. The maximum Gasteiger partial charge on any atom is 0.266 e. The van der Waals surface area contributed by atoms with Crippen molar-refractivity contribution in [1.82, 2.24) is 14.5 Å². The molecule has 3 aromatic heterocycles. The van der Waals surface area contributed by atoms with Gasteiger partial charge in [-0.15, -0.1) is 11.3 Å². The van der Waals surface area contributed by atoms with Crippen LogP contribution < -0.4 is 5.56 Å². The van der Waals surface area contributed by atoms with Gasteiger partial charge in [-0.2, -0.15) is 0 Å². The minimum atomic E-state index is -0.0763. The summed E-state index contributed by atoms with van der Waals surface area (Å²) < 4.78 is 2.74. The normalized spacial score (nSPS) is 11.1. The van der Waals surface area contributed by atoms with E-state index in [1.807, 2.05) is 36.4 Å². The van der Waals surface area contributed by atoms with Crippen LogP contribution in [-0.4, -0.2) is 14.5 Å². The third kappa shape index (κ3) is 3.40. The van der Waals surface area contributed by atoms with Crippen LogP contribution in [0.25, 0.3) is 16.6 Å². The lowest BCUT2D eigenvalue weighted by molar-refractivity contribution is 0.815. The van der Waals surface area contributed by atoms with Gasteiger partial charge < -0.3 is 0 Å². The first-order chi connectivity index (χ1) is 12.2. The molecule has 4 rings (SSSR count). The number of halogens is 1. The number of benzene rings is 1. The molecule has 0 saturated heterocycles. The molecule has 0 radical (unpaired) electrons. The van der Waals surface area contributed by atoms with E-state index in [0.29, 0.717) is 16.1 Å². The molecule has 124 valence electrons. The number of hydrogen-bond donors (Lipinski definition) is 0. The molecular formula is C18H12BrN3OS2. The predicted molar refractivity (Wildman–Crippen MR) is 107 cm³/mol. The second kappa shape index (κ2) is 7.11. The van der Waals surface area contributed by atoms with E-state index in [1.165, 1.54) is 5.56 Å². The fourth-order valence-electron chi connectivity index (χ4n) is 2.49. The average Bonchev–Trinajstić information content (AvgIpc) is 3.06. The summed E-state index contributed by atoms with van der Waals surface area (Å²) in [6.45, 7) is 0. The Morgan fingerprint density at radius 3 is 2.84 bits per heavy atom. The topological polar surface area (TPSA) is 47.8 Å². The third-order valence-corrected chi connectivity index (χ3v) is 6.20. The summed E-state index contributed by atoms with van der Waals surface area (Å²) in [7, 11) is 0. The first-order valence-corrected chi connectivity index (χ1v) is 10.2. The molecule has 7 heteroatoms. The Morgan fingerprint density at radius 2 is 2.08 bits per heavy atom. The van der Waals surface area contributed by atoms with Crippen molar-refractivity contribution in [2.75, 3.05) is 0 Å². The van der Waals surface area contributed by atoms with Crippen LogP contribution in [-0.2, 0) is 5.75 Å². The molecule has 3 heterocycles. The van der Waals surface area contributed by atoms with Crippen molar-refractivity contribution in [1.29, 1.82) is 0 Å². The van der Waals surface area contributed by atoms with E-state index in [4.69, 9.17) is 4.98 Å². The van der Waals surface area contributed by atoms with Crippen LogP contribution in [0, 0.1) is 0 Å². The number of thioether (sulfide) groups is 1. The van der Waals surface area contributed by atoms with E-state index in [2.05, 4.69) is 32.4 Å². The highest BCUT2D eigenvalue weighted by Gasteiger charge is 2.13. The van der Waals surface area contributed by atoms with Crippen molar-refractivity contribution >= 4 is 49.9 Å². The van der Waals surface area contributed by atoms with Gasteiger partial charge >= 0.3 is 0 Å². The van der Waals surface area contributed by atoms with Gasteiger partial charge in [0.2, 0.25) is 0 Å².